The highest BCUT2D eigenvalue weighted by Gasteiger charge is 2.42. The van der Waals surface area contributed by atoms with E-state index < -0.39 is 5.41 Å². The summed E-state index contributed by atoms with van der Waals surface area (Å²) in [4.78, 5) is 40.9. The van der Waals surface area contributed by atoms with Crippen LogP contribution < -0.4 is 0 Å². The predicted molar refractivity (Wildman–Crippen MR) is 73.8 cm³/mol. The second-order valence-corrected chi connectivity index (χ2v) is 6.06. The van der Waals surface area contributed by atoms with Crippen molar-refractivity contribution in [1.82, 2.24) is 14.7 Å². The normalized spacial score (nSPS) is 20.2. The van der Waals surface area contributed by atoms with Crippen LogP contribution in [-0.4, -0.2) is 72.2 Å². The molecule has 0 aromatic rings. The second kappa shape index (κ2) is 5.81. The monoisotopic (exact) mass is 281 g/mol. The van der Waals surface area contributed by atoms with Crippen LogP contribution in [-0.2, 0) is 14.4 Å². The summed E-state index contributed by atoms with van der Waals surface area (Å²) in [6, 6.07) is 0. The third kappa shape index (κ3) is 2.78. The van der Waals surface area contributed by atoms with Crippen molar-refractivity contribution >= 4 is 18.2 Å². The summed E-state index contributed by atoms with van der Waals surface area (Å²) in [5.74, 6) is -0.197. The first-order valence-electron chi connectivity index (χ1n) is 7.25. The van der Waals surface area contributed by atoms with Gasteiger partial charge < -0.3 is 14.7 Å². The van der Waals surface area contributed by atoms with Crippen LogP contribution in [0.25, 0.3) is 0 Å². The Morgan fingerprint density at radius 3 is 1.75 bits per heavy atom. The Hall–Kier alpha value is -1.59. The Kier molecular flexibility index (Phi) is 4.30. The standard InChI is InChI=1S/C14H23N3O3/c1-14(2,12(19)16-5-3-4-6-16)13(20)17-9-7-15(11-18)8-10-17/h11H,3-10H2,1-2H3. The minimum absolute atomic E-state index is 0.0715. The molecule has 0 spiro atoms. The van der Waals surface area contributed by atoms with Crippen LogP contribution in [0, 0.1) is 5.41 Å². The van der Waals surface area contributed by atoms with Crippen molar-refractivity contribution in [2.45, 2.75) is 26.7 Å². The number of hydrogen-bond donors (Lipinski definition) is 0. The van der Waals surface area contributed by atoms with Gasteiger partial charge in [0, 0.05) is 39.3 Å². The van der Waals surface area contributed by atoms with Gasteiger partial charge in [0.25, 0.3) is 0 Å². The number of nitrogens with zero attached hydrogens (tertiary/aromatic N) is 3. The largest absolute Gasteiger partial charge is 0.342 e. The molecule has 6 heteroatoms. The number of piperazine rings is 1. The fraction of sp³-hybridized carbons (Fsp3) is 0.786. The van der Waals surface area contributed by atoms with E-state index in [2.05, 4.69) is 0 Å². The minimum Gasteiger partial charge on any atom is -0.342 e. The van der Waals surface area contributed by atoms with E-state index in [0.717, 1.165) is 32.3 Å². The van der Waals surface area contributed by atoms with Crippen molar-refractivity contribution in [3.05, 3.63) is 0 Å². The molecule has 2 aliphatic rings. The van der Waals surface area contributed by atoms with E-state index in [4.69, 9.17) is 0 Å². The molecule has 0 bridgehead atoms. The van der Waals surface area contributed by atoms with E-state index in [1.807, 2.05) is 0 Å². The fourth-order valence-electron chi connectivity index (χ4n) is 2.83. The molecule has 3 amide bonds. The number of rotatable bonds is 3. The summed E-state index contributed by atoms with van der Waals surface area (Å²) >= 11 is 0. The number of likely N-dealkylation sites (tertiary alicyclic amines) is 1. The van der Waals surface area contributed by atoms with Crippen LogP contribution in [0.5, 0.6) is 0 Å². The molecule has 2 fully saturated rings. The maximum absolute atomic E-state index is 12.6. The maximum atomic E-state index is 12.6. The van der Waals surface area contributed by atoms with Gasteiger partial charge in [0.1, 0.15) is 5.41 Å². The molecule has 2 saturated heterocycles. The van der Waals surface area contributed by atoms with Gasteiger partial charge in [-0.15, -0.1) is 0 Å². The first-order chi connectivity index (χ1) is 9.46. The Morgan fingerprint density at radius 1 is 0.850 bits per heavy atom. The van der Waals surface area contributed by atoms with Crippen LogP contribution in [0.4, 0.5) is 0 Å². The lowest BCUT2D eigenvalue weighted by Crippen LogP contribution is -2.55. The van der Waals surface area contributed by atoms with Crippen molar-refractivity contribution in [2.75, 3.05) is 39.3 Å². The van der Waals surface area contributed by atoms with Crippen LogP contribution in [0.3, 0.4) is 0 Å². The first kappa shape index (κ1) is 14.8. The molecule has 0 unspecified atom stereocenters. The van der Waals surface area contributed by atoms with Crippen LogP contribution in [0.15, 0.2) is 0 Å². The number of amides is 3. The van der Waals surface area contributed by atoms with Crippen LogP contribution >= 0.6 is 0 Å². The average molecular weight is 281 g/mol. The molecule has 0 aromatic carbocycles. The summed E-state index contributed by atoms with van der Waals surface area (Å²) in [5.41, 5.74) is -1.01. The van der Waals surface area contributed by atoms with Gasteiger partial charge in [-0.25, -0.2) is 0 Å². The Bertz CT molecular complexity index is 394. The lowest BCUT2D eigenvalue weighted by molar-refractivity contribution is -0.155. The highest BCUT2D eigenvalue weighted by atomic mass is 16.2. The molecule has 112 valence electrons. The fourth-order valence-corrected chi connectivity index (χ4v) is 2.83. The first-order valence-corrected chi connectivity index (χ1v) is 7.25. The van der Waals surface area contributed by atoms with Crippen molar-refractivity contribution in [3.8, 4) is 0 Å². The summed E-state index contributed by atoms with van der Waals surface area (Å²) < 4.78 is 0. The van der Waals surface area contributed by atoms with E-state index in [9.17, 15) is 14.4 Å². The molecular weight excluding hydrogens is 258 g/mol. The molecule has 0 N–H and O–H groups in total. The van der Waals surface area contributed by atoms with Gasteiger partial charge in [-0.1, -0.05) is 0 Å². The van der Waals surface area contributed by atoms with Crippen molar-refractivity contribution in [2.24, 2.45) is 5.41 Å². The smallest absolute Gasteiger partial charge is 0.237 e. The molecule has 2 heterocycles. The van der Waals surface area contributed by atoms with Crippen LogP contribution in [0.2, 0.25) is 0 Å². The predicted octanol–water partition coefficient (Wildman–Crippen LogP) is -0.0644. The Morgan fingerprint density at radius 2 is 1.30 bits per heavy atom. The molecule has 2 rings (SSSR count). The van der Waals surface area contributed by atoms with E-state index in [1.54, 1.807) is 28.5 Å². The molecule has 20 heavy (non-hydrogen) atoms. The summed E-state index contributed by atoms with van der Waals surface area (Å²) in [6.45, 7) is 7.04. The summed E-state index contributed by atoms with van der Waals surface area (Å²) in [5, 5.41) is 0. The van der Waals surface area contributed by atoms with Gasteiger partial charge in [-0.2, -0.15) is 0 Å². The third-order valence-corrected chi connectivity index (χ3v) is 4.21. The van der Waals surface area contributed by atoms with Gasteiger partial charge in [0.15, 0.2) is 0 Å². The number of carbonyl (C=O) groups is 3. The molecule has 0 aromatic heterocycles. The van der Waals surface area contributed by atoms with Gasteiger partial charge in [0.05, 0.1) is 0 Å². The summed E-state index contributed by atoms with van der Waals surface area (Å²) in [6.07, 6.45) is 2.85. The maximum Gasteiger partial charge on any atom is 0.237 e. The molecular formula is C14H23N3O3. The van der Waals surface area contributed by atoms with E-state index in [1.165, 1.54) is 0 Å². The second-order valence-electron chi connectivity index (χ2n) is 6.06. The zero-order valence-corrected chi connectivity index (χ0v) is 12.3. The van der Waals surface area contributed by atoms with E-state index >= 15 is 0 Å². The van der Waals surface area contributed by atoms with Crippen molar-refractivity contribution in [3.63, 3.8) is 0 Å². The zero-order chi connectivity index (χ0) is 14.8. The highest BCUT2D eigenvalue weighted by molar-refractivity contribution is 6.04. The zero-order valence-electron chi connectivity index (χ0n) is 12.3. The molecule has 2 aliphatic heterocycles. The van der Waals surface area contributed by atoms with Crippen molar-refractivity contribution < 1.29 is 14.4 Å². The van der Waals surface area contributed by atoms with Crippen molar-refractivity contribution in [1.29, 1.82) is 0 Å². The number of carbonyl (C=O) groups excluding carboxylic acids is 3. The third-order valence-electron chi connectivity index (χ3n) is 4.21. The Labute approximate surface area is 119 Å². The number of hydrogen-bond acceptors (Lipinski definition) is 3. The lowest BCUT2D eigenvalue weighted by Gasteiger charge is -2.37. The molecule has 6 nitrogen and oxygen atoms in total. The molecule has 0 saturated carbocycles. The van der Waals surface area contributed by atoms with E-state index in [0.29, 0.717) is 26.2 Å². The topological polar surface area (TPSA) is 60.9 Å². The summed E-state index contributed by atoms with van der Waals surface area (Å²) in [7, 11) is 0. The van der Waals surface area contributed by atoms with Gasteiger partial charge in [-0.3, -0.25) is 14.4 Å². The van der Waals surface area contributed by atoms with Crippen LogP contribution in [0.1, 0.15) is 26.7 Å². The average Bonchev–Trinajstić information content (AvgIpc) is 2.99. The van der Waals surface area contributed by atoms with Gasteiger partial charge in [0.2, 0.25) is 18.2 Å². The molecule has 0 atom stereocenters. The SMILES string of the molecule is CC(C)(C(=O)N1CCCC1)C(=O)N1CCN(C=O)CC1. The van der Waals surface area contributed by atoms with Gasteiger partial charge >= 0.3 is 0 Å². The van der Waals surface area contributed by atoms with E-state index in [-0.39, 0.29) is 11.8 Å². The lowest BCUT2D eigenvalue weighted by atomic mass is 9.89. The minimum atomic E-state index is -1.01. The highest BCUT2D eigenvalue weighted by Crippen LogP contribution is 2.25. The molecule has 0 radical (unpaired) electrons. The van der Waals surface area contributed by atoms with Gasteiger partial charge in [-0.05, 0) is 26.7 Å². The quantitative estimate of drug-likeness (QED) is 0.538. The Balaban J connectivity index is 1.99. The molecule has 0 aliphatic carbocycles.